The second-order valence-electron chi connectivity index (χ2n) is 12.7. The molecule has 11 nitrogen and oxygen atoms in total. The van der Waals surface area contributed by atoms with Crippen LogP contribution >= 0.6 is 0 Å². The summed E-state index contributed by atoms with van der Waals surface area (Å²) in [6.07, 6.45) is 0.284. The number of ketones is 2. The number of likely N-dealkylation sites (N-methyl/N-ethyl adjacent to an activating group) is 2. The topological polar surface area (TPSA) is 168 Å². The van der Waals surface area contributed by atoms with Crippen LogP contribution in [0, 0.1) is 11.8 Å². The molecule has 6 rings (SSSR count). The van der Waals surface area contributed by atoms with Crippen LogP contribution < -0.4 is 5.73 Å². The summed E-state index contributed by atoms with van der Waals surface area (Å²) in [6.45, 7) is 4.91. The molecule has 232 valence electrons. The van der Waals surface area contributed by atoms with Crippen molar-refractivity contribution >= 4 is 17.5 Å². The number of aliphatic hydroxyl groups excluding tert-OH is 2. The van der Waals surface area contributed by atoms with E-state index in [0.29, 0.717) is 5.56 Å². The molecule has 0 unspecified atom stereocenters. The molecule has 2 aromatic rings. The van der Waals surface area contributed by atoms with Crippen molar-refractivity contribution in [1.29, 1.82) is 0 Å². The van der Waals surface area contributed by atoms with Gasteiger partial charge in [0.05, 0.1) is 11.6 Å². The fraction of sp³-hybridized carbons (Fsp3) is 0.424. The third-order valence-electron chi connectivity index (χ3n) is 9.87. The number of nitrogens with zero attached hydrogens (tertiary/aromatic N) is 3. The Hall–Kier alpha value is -4.03. The van der Waals surface area contributed by atoms with E-state index in [2.05, 4.69) is 29.0 Å². The predicted molar refractivity (Wildman–Crippen MR) is 162 cm³/mol. The van der Waals surface area contributed by atoms with Crippen LogP contribution in [-0.4, -0.2) is 112 Å². The van der Waals surface area contributed by atoms with Gasteiger partial charge in [-0.3, -0.25) is 24.2 Å². The fourth-order valence-corrected chi connectivity index (χ4v) is 7.58. The zero-order valence-corrected chi connectivity index (χ0v) is 25.1. The molecule has 0 spiro atoms. The Morgan fingerprint density at radius 2 is 1.68 bits per heavy atom. The van der Waals surface area contributed by atoms with E-state index in [0.717, 1.165) is 43.9 Å². The monoisotopic (exact) mass is 602 g/mol. The maximum Gasteiger partial charge on any atom is 0.255 e. The van der Waals surface area contributed by atoms with Gasteiger partial charge in [0, 0.05) is 44.2 Å². The van der Waals surface area contributed by atoms with Gasteiger partial charge in [0.25, 0.3) is 5.91 Å². The Kier molecular flexibility index (Phi) is 7.40. The van der Waals surface area contributed by atoms with Gasteiger partial charge in [0.1, 0.15) is 22.8 Å². The number of phenols is 1. The summed E-state index contributed by atoms with van der Waals surface area (Å²) in [6, 6.07) is 10.3. The number of hydrogen-bond donors (Lipinski definition) is 5. The number of benzene rings is 2. The van der Waals surface area contributed by atoms with Gasteiger partial charge >= 0.3 is 0 Å². The minimum atomic E-state index is -2.66. The third kappa shape index (κ3) is 4.54. The second-order valence-corrected chi connectivity index (χ2v) is 12.7. The molecule has 1 aliphatic heterocycles. The van der Waals surface area contributed by atoms with Crippen LogP contribution in [0.4, 0.5) is 0 Å². The number of allylic oxidation sites excluding steroid dienone is 1. The Balaban J connectivity index is 1.39. The van der Waals surface area contributed by atoms with E-state index < -0.39 is 58.0 Å². The summed E-state index contributed by atoms with van der Waals surface area (Å²) < 4.78 is 0. The quantitative estimate of drug-likeness (QED) is 0.317. The van der Waals surface area contributed by atoms with Crippen molar-refractivity contribution in [1.82, 2.24) is 14.7 Å². The van der Waals surface area contributed by atoms with Crippen molar-refractivity contribution in [3.63, 3.8) is 0 Å². The minimum Gasteiger partial charge on any atom is -0.510 e. The van der Waals surface area contributed by atoms with Gasteiger partial charge in [-0.25, -0.2) is 0 Å². The number of aliphatic hydroxyl groups is 3. The summed E-state index contributed by atoms with van der Waals surface area (Å²) in [5.74, 6) is -6.61. The molecule has 0 radical (unpaired) electrons. The lowest BCUT2D eigenvalue weighted by molar-refractivity contribution is -0.148. The number of phenolic OH excluding ortho intramolecular Hbond substituents is 1. The van der Waals surface area contributed by atoms with E-state index in [1.165, 1.54) is 16.5 Å². The van der Waals surface area contributed by atoms with Crippen molar-refractivity contribution in [3.8, 4) is 16.9 Å². The van der Waals surface area contributed by atoms with Crippen molar-refractivity contribution in [2.75, 3.05) is 47.3 Å². The maximum absolute atomic E-state index is 14.0. The van der Waals surface area contributed by atoms with Crippen molar-refractivity contribution < 1.29 is 34.8 Å². The Bertz CT molecular complexity index is 1620. The van der Waals surface area contributed by atoms with Gasteiger partial charge in [-0.15, -0.1) is 0 Å². The molecule has 0 aromatic heterocycles. The van der Waals surface area contributed by atoms with E-state index in [1.54, 1.807) is 20.2 Å². The highest BCUT2D eigenvalue weighted by Crippen LogP contribution is 2.53. The molecule has 1 fully saturated rings. The molecule has 44 heavy (non-hydrogen) atoms. The number of amides is 1. The Morgan fingerprint density at radius 1 is 1.02 bits per heavy atom. The van der Waals surface area contributed by atoms with Crippen LogP contribution in [-0.2, 0) is 22.6 Å². The lowest BCUT2D eigenvalue weighted by atomic mass is 9.58. The molecule has 4 atom stereocenters. The van der Waals surface area contributed by atoms with Crippen LogP contribution in [0.5, 0.6) is 5.75 Å². The first-order valence-electron chi connectivity index (χ1n) is 14.8. The van der Waals surface area contributed by atoms with Crippen LogP contribution in [0.3, 0.4) is 0 Å². The largest absolute Gasteiger partial charge is 0.510 e. The van der Waals surface area contributed by atoms with E-state index in [1.807, 2.05) is 12.1 Å². The van der Waals surface area contributed by atoms with Gasteiger partial charge in [-0.2, -0.15) is 0 Å². The van der Waals surface area contributed by atoms with E-state index in [9.17, 15) is 34.8 Å². The van der Waals surface area contributed by atoms with Crippen molar-refractivity contribution in [3.05, 3.63) is 75.8 Å². The number of hydrogen-bond acceptors (Lipinski definition) is 10. The summed E-state index contributed by atoms with van der Waals surface area (Å²) in [5, 5.41) is 45.1. The molecule has 1 saturated heterocycles. The number of carbonyl (C=O) groups excluding carboxylic acids is 3. The van der Waals surface area contributed by atoms with Crippen LogP contribution in [0.2, 0.25) is 0 Å². The van der Waals surface area contributed by atoms with E-state index in [4.69, 9.17) is 5.73 Å². The van der Waals surface area contributed by atoms with E-state index in [-0.39, 0.29) is 29.7 Å². The molecule has 4 aliphatic rings. The first-order valence-corrected chi connectivity index (χ1v) is 14.8. The highest BCUT2D eigenvalue weighted by Gasteiger charge is 2.63. The molecule has 1 amide bonds. The van der Waals surface area contributed by atoms with Gasteiger partial charge in [0.2, 0.25) is 5.78 Å². The first-order chi connectivity index (χ1) is 20.8. The number of Topliss-reactive ketones (excluding diaryl/α,β-unsaturated/α-hetero) is 2. The number of aromatic hydroxyl groups is 1. The highest BCUT2D eigenvalue weighted by atomic mass is 16.3. The molecule has 1 heterocycles. The molecule has 0 bridgehead atoms. The van der Waals surface area contributed by atoms with Crippen LogP contribution in [0.15, 0.2) is 59.1 Å². The average molecular weight is 603 g/mol. The molecular formula is C33H38N4O7. The normalized spacial score (nSPS) is 27.8. The number of piperazine rings is 1. The van der Waals surface area contributed by atoms with Gasteiger partial charge in [0.15, 0.2) is 11.4 Å². The fourth-order valence-electron chi connectivity index (χ4n) is 7.58. The number of nitrogens with two attached hydrogens (primary N) is 1. The zero-order valence-electron chi connectivity index (χ0n) is 25.1. The minimum absolute atomic E-state index is 0.00444. The lowest BCUT2D eigenvalue weighted by Gasteiger charge is -2.50. The standard InChI is InChI=1S/C33H38N4O7/c1-35(2)27-22-15-19-14-21-20(18-6-4-17(5-7-18)16-37-12-10-36(3)11-13-37)8-9-23(38)25(21)28(39)24(19)30(41)33(22,44)31(42)26(29(27)40)32(34)43/h4-9,19,22,27,38,40-41,44H,10-16H2,1-3H3,(H2,34,43)/t19-,22-,27+,33-/m0/s1. The summed E-state index contributed by atoms with van der Waals surface area (Å²) in [4.78, 5) is 45.9. The predicted octanol–water partition coefficient (Wildman–Crippen LogP) is 1.54. The molecule has 3 aliphatic carbocycles. The number of rotatable bonds is 5. The average Bonchev–Trinajstić information content (AvgIpc) is 2.96. The van der Waals surface area contributed by atoms with Gasteiger partial charge < -0.3 is 31.1 Å². The first kappa shape index (κ1) is 30.0. The Morgan fingerprint density at radius 3 is 2.30 bits per heavy atom. The van der Waals surface area contributed by atoms with Crippen LogP contribution in [0.25, 0.3) is 11.1 Å². The van der Waals surface area contributed by atoms with Gasteiger partial charge in [-0.1, -0.05) is 30.3 Å². The third-order valence-corrected chi connectivity index (χ3v) is 9.87. The summed E-state index contributed by atoms with van der Waals surface area (Å²) in [7, 11) is 5.34. The molecule has 11 heteroatoms. The highest BCUT2D eigenvalue weighted by molar-refractivity contribution is 6.24. The molecule has 0 saturated carbocycles. The molecular weight excluding hydrogens is 564 g/mol. The number of carbonyl (C=O) groups is 3. The SMILES string of the molecule is CN1CCN(Cc2ccc(-c3ccc(O)c4c3C[C@H]3C[C@H]5[C@@H](N(C)C)C(O)=C(C(N)=O)C(=O)[C@@]5(O)C(O)=C3C4=O)cc2)CC1. The van der Waals surface area contributed by atoms with Crippen LogP contribution in [0.1, 0.15) is 27.9 Å². The zero-order chi connectivity index (χ0) is 31.7. The number of primary amides is 1. The number of fused-ring (bicyclic) bond motifs is 3. The smallest absolute Gasteiger partial charge is 0.255 e. The molecule has 6 N–H and O–H groups in total. The maximum atomic E-state index is 14.0. The van der Waals surface area contributed by atoms with Crippen molar-refractivity contribution in [2.24, 2.45) is 17.6 Å². The second kappa shape index (κ2) is 10.8. The summed E-state index contributed by atoms with van der Waals surface area (Å²) in [5.41, 5.74) is 5.17. The lowest BCUT2D eigenvalue weighted by Crippen LogP contribution is -2.63. The Labute approximate surface area is 255 Å². The van der Waals surface area contributed by atoms with E-state index >= 15 is 0 Å². The van der Waals surface area contributed by atoms with Gasteiger partial charge in [-0.05, 0) is 68.2 Å². The van der Waals surface area contributed by atoms with Crippen molar-refractivity contribution in [2.45, 2.75) is 31.0 Å². The summed E-state index contributed by atoms with van der Waals surface area (Å²) >= 11 is 0. The molecule has 2 aromatic carbocycles.